The lowest BCUT2D eigenvalue weighted by Gasteiger charge is -2.37. The number of rotatable bonds is 1. The van der Waals surface area contributed by atoms with Gasteiger partial charge in [0.15, 0.2) is 0 Å². The highest BCUT2D eigenvalue weighted by molar-refractivity contribution is 7.90. The first-order valence-electron chi connectivity index (χ1n) is 5.21. The Hall–Kier alpha value is -0.130. The lowest BCUT2D eigenvalue weighted by atomic mass is 10.0. The molecule has 1 aliphatic heterocycles. The molecular weight excluding hydrogens is 214 g/mol. The molecule has 0 bridgehead atoms. The average Bonchev–Trinajstić information content (AvgIpc) is 2.25. The third-order valence-corrected chi connectivity index (χ3v) is 5.91. The van der Waals surface area contributed by atoms with Crippen molar-refractivity contribution in [1.82, 2.24) is 4.31 Å². The first-order chi connectivity index (χ1) is 6.51. The van der Waals surface area contributed by atoms with Crippen LogP contribution in [-0.2, 0) is 10.0 Å². The van der Waals surface area contributed by atoms with Crippen molar-refractivity contribution < 1.29 is 13.5 Å². The van der Waals surface area contributed by atoms with Gasteiger partial charge in [-0.1, -0.05) is 0 Å². The van der Waals surface area contributed by atoms with E-state index in [0.717, 1.165) is 0 Å². The van der Waals surface area contributed by atoms with Gasteiger partial charge in [-0.25, -0.2) is 8.42 Å². The van der Waals surface area contributed by atoms with Gasteiger partial charge in [-0.3, -0.25) is 0 Å². The Labute approximate surface area is 92.3 Å². The Morgan fingerprint density at radius 2 is 1.80 bits per heavy atom. The molecule has 1 unspecified atom stereocenters. The first-order valence-corrected chi connectivity index (χ1v) is 6.66. The molecule has 0 saturated carbocycles. The molecule has 1 saturated heterocycles. The predicted molar refractivity (Wildman–Crippen MR) is 60.1 cm³/mol. The van der Waals surface area contributed by atoms with Gasteiger partial charge in [0.05, 0.1) is 16.4 Å². The molecule has 1 rings (SSSR count). The molecule has 0 aromatic carbocycles. The summed E-state index contributed by atoms with van der Waals surface area (Å²) in [4.78, 5) is 0. The van der Waals surface area contributed by atoms with E-state index in [1.54, 1.807) is 34.6 Å². The summed E-state index contributed by atoms with van der Waals surface area (Å²) in [6.45, 7) is 9.00. The van der Waals surface area contributed by atoms with Gasteiger partial charge in [0.2, 0.25) is 10.0 Å². The summed E-state index contributed by atoms with van der Waals surface area (Å²) >= 11 is 0. The van der Waals surface area contributed by atoms with Crippen LogP contribution in [0.4, 0.5) is 0 Å². The first kappa shape index (κ1) is 12.9. The lowest BCUT2D eigenvalue weighted by molar-refractivity contribution is 0.0893. The highest BCUT2D eigenvalue weighted by atomic mass is 32.2. The highest BCUT2D eigenvalue weighted by Gasteiger charge is 2.49. The lowest BCUT2D eigenvalue weighted by Crippen LogP contribution is -2.53. The van der Waals surface area contributed by atoms with Crippen molar-refractivity contribution >= 4 is 10.0 Å². The Kier molecular flexibility index (Phi) is 2.96. The van der Waals surface area contributed by atoms with E-state index in [0.29, 0.717) is 13.0 Å². The van der Waals surface area contributed by atoms with Crippen molar-refractivity contribution in [1.29, 1.82) is 0 Å². The van der Waals surface area contributed by atoms with Gasteiger partial charge >= 0.3 is 0 Å². The summed E-state index contributed by atoms with van der Waals surface area (Å²) in [5.41, 5.74) is -0.688. The maximum Gasteiger partial charge on any atom is 0.219 e. The van der Waals surface area contributed by atoms with Crippen LogP contribution in [0.1, 0.15) is 41.0 Å². The van der Waals surface area contributed by atoms with E-state index >= 15 is 0 Å². The number of sulfonamides is 1. The van der Waals surface area contributed by atoms with Crippen molar-refractivity contribution in [2.75, 3.05) is 6.54 Å². The van der Waals surface area contributed by atoms with E-state index in [1.165, 1.54) is 4.31 Å². The highest BCUT2D eigenvalue weighted by Crippen LogP contribution is 2.35. The molecule has 1 N–H and O–H groups in total. The molecule has 15 heavy (non-hydrogen) atoms. The van der Waals surface area contributed by atoms with Crippen LogP contribution in [0.5, 0.6) is 0 Å². The number of hydrogen-bond donors (Lipinski definition) is 1. The smallest absolute Gasteiger partial charge is 0.219 e. The zero-order valence-corrected chi connectivity index (χ0v) is 10.9. The van der Waals surface area contributed by atoms with Gasteiger partial charge in [0, 0.05) is 6.54 Å². The molecule has 0 aliphatic carbocycles. The van der Waals surface area contributed by atoms with Gasteiger partial charge in [-0.15, -0.1) is 0 Å². The molecule has 1 heterocycles. The van der Waals surface area contributed by atoms with Crippen LogP contribution in [0.3, 0.4) is 0 Å². The molecule has 0 spiro atoms. The Morgan fingerprint density at radius 3 is 2.07 bits per heavy atom. The molecule has 90 valence electrons. The third kappa shape index (κ3) is 1.92. The number of hydrogen-bond acceptors (Lipinski definition) is 3. The topological polar surface area (TPSA) is 57.6 Å². The van der Waals surface area contributed by atoms with Crippen LogP contribution >= 0.6 is 0 Å². The third-order valence-electron chi connectivity index (χ3n) is 3.13. The Morgan fingerprint density at radius 1 is 1.33 bits per heavy atom. The average molecular weight is 235 g/mol. The van der Waals surface area contributed by atoms with E-state index in [9.17, 15) is 13.5 Å². The van der Waals surface area contributed by atoms with Crippen molar-refractivity contribution in [3.05, 3.63) is 0 Å². The Bertz CT molecular complexity index is 340. The summed E-state index contributed by atoms with van der Waals surface area (Å²) in [7, 11) is -3.34. The minimum Gasteiger partial charge on any atom is -0.391 e. The van der Waals surface area contributed by atoms with Crippen LogP contribution < -0.4 is 0 Å². The molecule has 4 nitrogen and oxygen atoms in total. The second-order valence-corrected chi connectivity index (χ2v) is 8.26. The largest absolute Gasteiger partial charge is 0.391 e. The second kappa shape index (κ2) is 3.43. The van der Waals surface area contributed by atoms with Crippen LogP contribution in [0.25, 0.3) is 0 Å². The fourth-order valence-corrected chi connectivity index (χ4v) is 3.56. The summed E-state index contributed by atoms with van der Waals surface area (Å²) in [6, 6.07) is 0. The summed E-state index contributed by atoms with van der Waals surface area (Å²) < 4.78 is 25.1. The monoisotopic (exact) mass is 235 g/mol. The van der Waals surface area contributed by atoms with Gasteiger partial charge in [-0.2, -0.15) is 4.31 Å². The molecule has 0 aromatic rings. The predicted octanol–water partition coefficient (Wildman–Crippen LogP) is 0.960. The van der Waals surface area contributed by atoms with Crippen LogP contribution in [-0.4, -0.2) is 40.8 Å². The van der Waals surface area contributed by atoms with E-state index in [-0.39, 0.29) is 0 Å². The van der Waals surface area contributed by atoms with Crippen LogP contribution in [0.2, 0.25) is 0 Å². The number of aliphatic hydroxyl groups is 1. The molecule has 5 heteroatoms. The quantitative estimate of drug-likeness (QED) is 0.736. The summed E-state index contributed by atoms with van der Waals surface area (Å²) in [5, 5.41) is 9.75. The molecule has 0 aromatic heterocycles. The van der Waals surface area contributed by atoms with Crippen LogP contribution in [0, 0.1) is 0 Å². The fourth-order valence-electron chi connectivity index (χ4n) is 1.81. The van der Waals surface area contributed by atoms with E-state index in [2.05, 4.69) is 0 Å². The van der Waals surface area contributed by atoms with Gasteiger partial charge in [-0.05, 0) is 41.0 Å². The molecular formula is C10H21NO3S. The van der Waals surface area contributed by atoms with E-state index < -0.39 is 26.4 Å². The standard InChI is InChI=1S/C10H21NO3S/c1-9(2,3)15(13,14)11-7-6-8(12)10(11,4)5/h8,12H,6-7H2,1-5H3. The molecule has 1 fully saturated rings. The van der Waals surface area contributed by atoms with Crippen molar-refractivity contribution in [2.24, 2.45) is 0 Å². The van der Waals surface area contributed by atoms with Crippen LogP contribution in [0.15, 0.2) is 0 Å². The number of aliphatic hydroxyl groups excluding tert-OH is 1. The molecule has 0 radical (unpaired) electrons. The summed E-state index contributed by atoms with van der Waals surface area (Å²) in [5.74, 6) is 0. The maximum absolute atomic E-state index is 12.2. The van der Waals surface area contributed by atoms with Gasteiger partial charge in [0.1, 0.15) is 0 Å². The minimum atomic E-state index is -3.34. The second-order valence-electron chi connectivity index (χ2n) is 5.65. The normalized spacial score (nSPS) is 28.3. The fraction of sp³-hybridized carbons (Fsp3) is 1.00. The SMILES string of the molecule is CC1(C)C(O)CCN1S(=O)(=O)C(C)(C)C. The van der Waals surface area contributed by atoms with Crippen molar-refractivity contribution in [3.8, 4) is 0 Å². The number of nitrogens with zero attached hydrogens (tertiary/aromatic N) is 1. The van der Waals surface area contributed by atoms with Gasteiger partial charge < -0.3 is 5.11 Å². The van der Waals surface area contributed by atoms with E-state index in [4.69, 9.17) is 0 Å². The molecule has 1 aliphatic rings. The Balaban J connectivity index is 3.12. The van der Waals surface area contributed by atoms with E-state index in [1.807, 2.05) is 0 Å². The molecule has 0 amide bonds. The zero-order chi connectivity index (χ0) is 12.1. The minimum absolute atomic E-state index is 0.410. The van der Waals surface area contributed by atoms with Crippen molar-refractivity contribution in [2.45, 2.75) is 57.4 Å². The van der Waals surface area contributed by atoms with Gasteiger partial charge in [0.25, 0.3) is 0 Å². The van der Waals surface area contributed by atoms with Crippen molar-refractivity contribution in [3.63, 3.8) is 0 Å². The summed E-state index contributed by atoms with van der Waals surface area (Å²) in [6.07, 6.45) is -0.0582. The maximum atomic E-state index is 12.2. The zero-order valence-electron chi connectivity index (χ0n) is 10.1. The molecule has 1 atom stereocenters.